The standard InChI is InChI=1S/C14H23N5/c1-10(2)19-9-15-6-13(19)7-16-11(3)14-8-17-18(5)12(14)4/h6,8-11,16H,7H2,1-5H3. The average molecular weight is 261 g/mol. The molecule has 0 amide bonds. The van der Waals surface area contributed by atoms with Crippen molar-refractivity contribution in [2.45, 2.75) is 46.3 Å². The first kappa shape index (κ1) is 13.8. The van der Waals surface area contributed by atoms with Crippen LogP contribution in [0.25, 0.3) is 0 Å². The smallest absolute Gasteiger partial charge is 0.0951 e. The van der Waals surface area contributed by atoms with Crippen molar-refractivity contribution in [3.63, 3.8) is 0 Å². The van der Waals surface area contributed by atoms with Gasteiger partial charge in [-0.3, -0.25) is 4.68 Å². The van der Waals surface area contributed by atoms with Crippen LogP contribution in [0.3, 0.4) is 0 Å². The van der Waals surface area contributed by atoms with E-state index in [2.05, 4.69) is 47.7 Å². The van der Waals surface area contributed by atoms with Gasteiger partial charge in [0.2, 0.25) is 0 Å². The summed E-state index contributed by atoms with van der Waals surface area (Å²) in [5, 5.41) is 7.82. The Morgan fingerprint density at radius 2 is 2.00 bits per heavy atom. The number of hydrogen-bond donors (Lipinski definition) is 1. The molecule has 104 valence electrons. The number of rotatable bonds is 5. The van der Waals surface area contributed by atoms with Gasteiger partial charge in [0.05, 0.1) is 18.2 Å². The predicted octanol–water partition coefficient (Wildman–Crippen LogP) is 2.36. The summed E-state index contributed by atoms with van der Waals surface area (Å²) in [6.07, 6.45) is 5.75. The molecular weight excluding hydrogens is 238 g/mol. The zero-order chi connectivity index (χ0) is 14.0. The minimum atomic E-state index is 0.282. The Kier molecular flexibility index (Phi) is 4.04. The number of imidazole rings is 1. The van der Waals surface area contributed by atoms with Crippen LogP contribution in [0.15, 0.2) is 18.7 Å². The lowest BCUT2D eigenvalue weighted by atomic mass is 10.1. The normalized spacial score (nSPS) is 13.2. The molecule has 1 atom stereocenters. The molecule has 0 aromatic carbocycles. The lowest BCUT2D eigenvalue weighted by Gasteiger charge is -2.16. The van der Waals surface area contributed by atoms with Gasteiger partial charge in [-0.15, -0.1) is 0 Å². The van der Waals surface area contributed by atoms with Crippen molar-refractivity contribution in [2.24, 2.45) is 7.05 Å². The third-order valence-electron chi connectivity index (χ3n) is 3.63. The highest BCUT2D eigenvalue weighted by atomic mass is 15.3. The lowest BCUT2D eigenvalue weighted by molar-refractivity contribution is 0.517. The van der Waals surface area contributed by atoms with Crippen molar-refractivity contribution in [1.82, 2.24) is 24.6 Å². The summed E-state index contributed by atoms with van der Waals surface area (Å²) in [7, 11) is 1.97. The zero-order valence-electron chi connectivity index (χ0n) is 12.4. The maximum Gasteiger partial charge on any atom is 0.0951 e. The molecule has 19 heavy (non-hydrogen) atoms. The Labute approximate surface area is 114 Å². The van der Waals surface area contributed by atoms with Crippen molar-refractivity contribution in [1.29, 1.82) is 0 Å². The Morgan fingerprint density at radius 3 is 2.58 bits per heavy atom. The van der Waals surface area contributed by atoms with E-state index in [0.29, 0.717) is 6.04 Å². The number of nitrogens with one attached hydrogen (secondary N) is 1. The Hall–Kier alpha value is -1.62. The first-order valence-electron chi connectivity index (χ1n) is 6.73. The average Bonchev–Trinajstić information content (AvgIpc) is 2.95. The molecule has 0 radical (unpaired) electrons. The summed E-state index contributed by atoms with van der Waals surface area (Å²) in [5.41, 5.74) is 3.67. The molecule has 2 rings (SSSR count). The van der Waals surface area contributed by atoms with E-state index in [1.54, 1.807) is 0 Å². The van der Waals surface area contributed by atoms with Crippen LogP contribution in [-0.4, -0.2) is 19.3 Å². The predicted molar refractivity (Wildman–Crippen MR) is 75.8 cm³/mol. The fourth-order valence-corrected chi connectivity index (χ4v) is 2.24. The molecule has 2 aromatic heterocycles. The van der Waals surface area contributed by atoms with Gasteiger partial charge in [-0.2, -0.15) is 5.10 Å². The van der Waals surface area contributed by atoms with Crippen LogP contribution >= 0.6 is 0 Å². The van der Waals surface area contributed by atoms with Crippen molar-refractivity contribution < 1.29 is 0 Å². The van der Waals surface area contributed by atoms with Gasteiger partial charge in [-0.1, -0.05) is 0 Å². The minimum absolute atomic E-state index is 0.282. The molecule has 0 aliphatic heterocycles. The number of nitrogens with zero attached hydrogens (tertiary/aromatic N) is 4. The molecule has 0 saturated heterocycles. The SMILES string of the molecule is Cc1c(C(C)NCc2cncn2C(C)C)cnn1C. The molecule has 5 heteroatoms. The van der Waals surface area contributed by atoms with Crippen molar-refractivity contribution in [3.8, 4) is 0 Å². The highest BCUT2D eigenvalue weighted by molar-refractivity contribution is 5.19. The quantitative estimate of drug-likeness (QED) is 0.898. The molecule has 2 aromatic rings. The van der Waals surface area contributed by atoms with Crippen molar-refractivity contribution >= 4 is 0 Å². The number of aryl methyl sites for hydroxylation is 1. The summed E-state index contributed by atoms with van der Waals surface area (Å²) >= 11 is 0. The summed E-state index contributed by atoms with van der Waals surface area (Å²) in [4.78, 5) is 4.22. The topological polar surface area (TPSA) is 47.7 Å². The first-order chi connectivity index (χ1) is 9.00. The highest BCUT2D eigenvalue weighted by Gasteiger charge is 2.12. The van der Waals surface area contributed by atoms with Gasteiger partial charge < -0.3 is 9.88 Å². The van der Waals surface area contributed by atoms with Crippen LogP contribution < -0.4 is 5.32 Å². The second-order valence-corrected chi connectivity index (χ2v) is 5.30. The molecule has 0 fully saturated rings. The second kappa shape index (κ2) is 5.57. The Morgan fingerprint density at radius 1 is 1.26 bits per heavy atom. The molecule has 0 aliphatic carbocycles. The molecule has 0 saturated carbocycles. The van der Waals surface area contributed by atoms with E-state index in [1.165, 1.54) is 17.0 Å². The molecule has 2 heterocycles. The van der Waals surface area contributed by atoms with E-state index in [0.717, 1.165) is 6.54 Å². The van der Waals surface area contributed by atoms with E-state index < -0.39 is 0 Å². The Bertz CT molecular complexity index is 538. The fourth-order valence-electron chi connectivity index (χ4n) is 2.24. The van der Waals surface area contributed by atoms with Gasteiger partial charge in [0.15, 0.2) is 0 Å². The van der Waals surface area contributed by atoms with Crippen LogP contribution in [-0.2, 0) is 13.6 Å². The maximum absolute atomic E-state index is 4.29. The third-order valence-corrected chi connectivity index (χ3v) is 3.63. The van der Waals surface area contributed by atoms with Crippen LogP contribution in [0, 0.1) is 6.92 Å². The maximum atomic E-state index is 4.29. The van der Waals surface area contributed by atoms with E-state index >= 15 is 0 Å². The van der Waals surface area contributed by atoms with Gasteiger partial charge >= 0.3 is 0 Å². The van der Waals surface area contributed by atoms with Crippen LogP contribution in [0.2, 0.25) is 0 Å². The summed E-state index contributed by atoms with van der Waals surface area (Å²) < 4.78 is 4.10. The van der Waals surface area contributed by atoms with Crippen LogP contribution in [0.5, 0.6) is 0 Å². The highest BCUT2D eigenvalue weighted by Crippen LogP contribution is 2.17. The molecule has 5 nitrogen and oxygen atoms in total. The molecular formula is C14H23N5. The van der Waals surface area contributed by atoms with E-state index in [9.17, 15) is 0 Å². The largest absolute Gasteiger partial charge is 0.331 e. The van der Waals surface area contributed by atoms with Crippen LogP contribution in [0.1, 0.15) is 49.8 Å². The number of hydrogen-bond acceptors (Lipinski definition) is 3. The summed E-state index contributed by atoms with van der Waals surface area (Å²) in [6.45, 7) is 9.41. The zero-order valence-corrected chi connectivity index (χ0v) is 12.4. The van der Waals surface area contributed by atoms with Gasteiger partial charge in [0, 0.05) is 43.1 Å². The first-order valence-corrected chi connectivity index (χ1v) is 6.73. The van der Waals surface area contributed by atoms with Crippen LogP contribution in [0.4, 0.5) is 0 Å². The van der Waals surface area contributed by atoms with E-state index in [4.69, 9.17) is 0 Å². The third kappa shape index (κ3) is 2.87. The lowest BCUT2D eigenvalue weighted by Crippen LogP contribution is -2.21. The minimum Gasteiger partial charge on any atom is -0.331 e. The number of aromatic nitrogens is 4. The Balaban J connectivity index is 2.02. The monoisotopic (exact) mass is 261 g/mol. The van der Waals surface area contributed by atoms with Gasteiger partial charge in [-0.25, -0.2) is 4.98 Å². The molecule has 0 spiro atoms. The fraction of sp³-hybridized carbons (Fsp3) is 0.571. The van der Waals surface area contributed by atoms with E-state index in [1.807, 2.05) is 30.5 Å². The van der Waals surface area contributed by atoms with Gasteiger partial charge in [0.1, 0.15) is 0 Å². The summed E-state index contributed by atoms with van der Waals surface area (Å²) in [6, 6.07) is 0.721. The van der Waals surface area contributed by atoms with E-state index in [-0.39, 0.29) is 6.04 Å². The van der Waals surface area contributed by atoms with Crippen molar-refractivity contribution in [2.75, 3.05) is 0 Å². The molecule has 0 aliphatic rings. The summed E-state index contributed by atoms with van der Waals surface area (Å²) in [5.74, 6) is 0. The van der Waals surface area contributed by atoms with Gasteiger partial charge in [-0.05, 0) is 27.7 Å². The molecule has 0 bridgehead atoms. The van der Waals surface area contributed by atoms with Crippen molar-refractivity contribution in [3.05, 3.63) is 35.7 Å². The molecule has 1 unspecified atom stereocenters. The second-order valence-electron chi connectivity index (χ2n) is 5.30. The molecule has 1 N–H and O–H groups in total. The van der Waals surface area contributed by atoms with Gasteiger partial charge in [0.25, 0.3) is 0 Å².